The molecule has 1 aliphatic heterocycles. The highest BCUT2D eigenvalue weighted by molar-refractivity contribution is 8.18. The van der Waals surface area contributed by atoms with Crippen LogP contribution in [0.15, 0.2) is 64.5 Å². The monoisotopic (exact) mass is 455 g/mol. The maximum atomic E-state index is 12.5. The van der Waals surface area contributed by atoms with Gasteiger partial charge in [-0.2, -0.15) is 0 Å². The molecular formula is C23H19Cl2N3OS. The Labute approximate surface area is 189 Å². The van der Waals surface area contributed by atoms with Gasteiger partial charge in [-0.05, 0) is 61.0 Å². The Balaban J connectivity index is 1.60. The standard InChI is InChI=1S/C23H19Cl2N3OS/c1-14-11-17(15(2)28(14)13-16-7-4-3-5-8-16)12-20-22(29)27-23(30-20)26-19-10-6-9-18(24)21(19)25/h3-12H,13H2,1-2H3,(H,26,27,29)/b20-12+. The molecular weight excluding hydrogens is 437 g/mol. The Morgan fingerprint density at radius 1 is 1.10 bits per heavy atom. The lowest BCUT2D eigenvalue weighted by Crippen LogP contribution is -2.19. The molecule has 0 bridgehead atoms. The summed E-state index contributed by atoms with van der Waals surface area (Å²) in [5.41, 5.74) is 5.03. The number of benzene rings is 2. The Hall–Kier alpha value is -2.47. The number of carbonyl (C=O) groups is 1. The third-order valence-electron chi connectivity index (χ3n) is 4.89. The average molecular weight is 456 g/mol. The zero-order valence-corrected chi connectivity index (χ0v) is 18.8. The van der Waals surface area contributed by atoms with Crippen LogP contribution in [0.25, 0.3) is 6.08 Å². The van der Waals surface area contributed by atoms with E-state index in [0.29, 0.717) is 25.8 Å². The van der Waals surface area contributed by atoms with Gasteiger partial charge in [0.25, 0.3) is 5.91 Å². The second-order valence-corrected chi connectivity index (χ2v) is 8.77. The number of aryl methyl sites for hydroxylation is 1. The molecule has 0 aliphatic carbocycles. The predicted octanol–water partition coefficient (Wildman–Crippen LogP) is 6.35. The highest BCUT2D eigenvalue weighted by Crippen LogP contribution is 2.35. The van der Waals surface area contributed by atoms with E-state index in [0.717, 1.165) is 23.5 Å². The zero-order valence-electron chi connectivity index (χ0n) is 16.4. The van der Waals surface area contributed by atoms with Gasteiger partial charge in [-0.15, -0.1) is 0 Å². The maximum Gasteiger partial charge on any atom is 0.264 e. The molecule has 1 amide bonds. The summed E-state index contributed by atoms with van der Waals surface area (Å²) >= 11 is 13.5. The number of thioether (sulfide) groups is 1. The van der Waals surface area contributed by atoms with Crippen molar-refractivity contribution >= 4 is 57.8 Å². The SMILES string of the molecule is Cc1cc(/C=C2/SC(=Nc3cccc(Cl)c3Cl)NC2=O)c(C)n1Cc1ccccc1. The minimum atomic E-state index is -0.176. The van der Waals surface area contributed by atoms with Gasteiger partial charge < -0.3 is 9.88 Å². The molecule has 2 aromatic carbocycles. The normalized spacial score (nSPS) is 16.5. The fourth-order valence-electron chi connectivity index (χ4n) is 3.29. The van der Waals surface area contributed by atoms with Gasteiger partial charge in [0.1, 0.15) is 0 Å². The number of nitrogens with zero attached hydrogens (tertiary/aromatic N) is 2. The highest BCUT2D eigenvalue weighted by atomic mass is 35.5. The first kappa shape index (κ1) is 20.8. The Bertz CT molecular complexity index is 1180. The van der Waals surface area contributed by atoms with E-state index in [1.54, 1.807) is 18.2 Å². The number of aliphatic imine (C=N–C) groups is 1. The van der Waals surface area contributed by atoms with E-state index in [9.17, 15) is 4.79 Å². The molecule has 4 rings (SSSR count). The first-order valence-electron chi connectivity index (χ1n) is 9.36. The van der Waals surface area contributed by atoms with Crippen molar-refractivity contribution in [2.75, 3.05) is 0 Å². The van der Waals surface area contributed by atoms with Crippen molar-refractivity contribution in [1.82, 2.24) is 9.88 Å². The Morgan fingerprint density at radius 3 is 2.63 bits per heavy atom. The molecule has 1 saturated heterocycles. The van der Waals surface area contributed by atoms with Crippen molar-refractivity contribution in [1.29, 1.82) is 0 Å². The molecule has 152 valence electrons. The summed E-state index contributed by atoms with van der Waals surface area (Å²) in [6.45, 7) is 4.94. The maximum absolute atomic E-state index is 12.5. The van der Waals surface area contributed by atoms with Crippen LogP contribution in [0.5, 0.6) is 0 Å². The first-order chi connectivity index (χ1) is 14.4. The van der Waals surface area contributed by atoms with Gasteiger partial charge in [-0.1, -0.05) is 59.6 Å². The zero-order chi connectivity index (χ0) is 21.3. The van der Waals surface area contributed by atoms with Crippen LogP contribution in [0.3, 0.4) is 0 Å². The third kappa shape index (κ3) is 4.33. The minimum Gasteiger partial charge on any atom is -0.344 e. The lowest BCUT2D eigenvalue weighted by Gasteiger charge is -2.09. The van der Waals surface area contributed by atoms with Crippen LogP contribution >= 0.6 is 35.0 Å². The smallest absolute Gasteiger partial charge is 0.264 e. The van der Waals surface area contributed by atoms with Crippen molar-refractivity contribution < 1.29 is 4.79 Å². The van der Waals surface area contributed by atoms with Crippen molar-refractivity contribution in [2.45, 2.75) is 20.4 Å². The van der Waals surface area contributed by atoms with Crippen molar-refractivity contribution in [3.8, 4) is 0 Å². The summed E-state index contributed by atoms with van der Waals surface area (Å²) in [6, 6.07) is 17.6. The number of aromatic nitrogens is 1. The van der Waals surface area contributed by atoms with Crippen LogP contribution < -0.4 is 5.32 Å². The molecule has 7 heteroatoms. The number of nitrogens with one attached hydrogen (secondary N) is 1. The van der Waals surface area contributed by atoms with Gasteiger partial charge in [0, 0.05) is 17.9 Å². The molecule has 0 saturated carbocycles. The number of hydrogen-bond donors (Lipinski definition) is 1. The van der Waals surface area contributed by atoms with Gasteiger partial charge in [0.05, 0.1) is 20.6 Å². The summed E-state index contributed by atoms with van der Waals surface area (Å²) in [6.07, 6.45) is 1.91. The van der Waals surface area contributed by atoms with Gasteiger partial charge in [-0.3, -0.25) is 4.79 Å². The molecule has 1 fully saturated rings. The van der Waals surface area contributed by atoms with Crippen LogP contribution in [-0.2, 0) is 11.3 Å². The fraction of sp³-hybridized carbons (Fsp3) is 0.130. The first-order valence-corrected chi connectivity index (χ1v) is 10.9. The summed E-state index contributed by atoms with van der Waals surface area (Å²) in [5.74, 6) is -0.176. The fourth-order valence-corrected chi connectivity index (χ4v) is 4.46. The quantitative estimate of drug-likeness (QED) is 0.465. The van der Waals surface area contributed by atoms with E-state index in [1.165, 1.54) is 17.3 Å². The van der Waals surface area contributed by atoms with Gasteiger partial charge >= 0.3 is 0 Å². The molecule has 0 atom stereocenters. The van der Waals surface area contributed by atoms with Crippen molar-refractivity contribution in [2.24, 2.45) is 4.99 Å². The van der Waals surface area contributed by atoms with Gasteiger partial charge in [-0.25, -0.2) is 4.99 Å². The van der Waals surface area contributed by atoms with Crippen LogP contribution in [-0.4, -0.2) is 15.6 Å². The summed E-state index contributed by atoms with van der Waals surface area (Å²) in [5, 5.41) is 4.07. The van der Waals surface area contributed by atoms with Crippen LogP contribution in [0.4, 0.5) is 5.69 Å². The van der Waals surface area contributed by atoms with Gasteiger partial charge in [0.2, 0.25) is 0 Å². The molecule has 30 heavy (non-hydrogen) atoms. The predicted molar refractivity (Wildman–Crippen MR) is 127 cm³/mol. The summed E-state index contributed by atoms with van der Waals surface area (Å²) in [4.78, 5) is 17.5. The second kappa shape index (κ2) is 8.72. The van der Waals surface area contributed by atoms with Crippen LogP contribution in [0, 0.1) is 13.8 Å². The molecule has 2 heterocycles. The average Bonchev–Trinajstić information content (AvgIpc) is 3.20. The number of rotatable bonds is 4. The van der Waals surface area contributed by atoms with E-state index in [4.69, 9.17) is 23.2 Å². The number of amidine groups is 1. The van der Waals surface area contributed by atoms with E-state index in [-0.39, 0.29) is 5.91 Å². The number of carbonyl (C=O) groups excluding carboxylic acids is 1. The molecule has 1 aliphatic rings. The molecule has 1 aromatic heterocycles. The Morgan fingerprint density at radius 2 is 1.87 bits per heavy atom. The van der Waals surface area contributed by atoms with Crippen molar-refractivity contribution in [3.05, 3.63) is 92.1 Å². The largest absolute Gasteiger partial charge is 0.344 e. The molecule has 0 spiro atoms. The van der Waals surface area contributed by atoms with E-state index in [1.807, 2.05) is 24.3 Å². The number of hydrogen-bond acceptors (Lipinski definition) is 3. The second-order valence-electron chi connectivity index (χ2n) is 6.95. The highest BCUT2D eigenvalue weighted by Gasteiger charge is 2.25. The third-order valence-corrected chi connectivity index (χ3v) is 6.61. The number of amides is 1. The van der Waals surface area contributed by atoms with E-state index < -0.39 is 0 Å². The van der Waals surface area contributed by atoms with Gasteiger partial charge in [0.15, 0.2) is 5.17 Å². The lowest BCUT2D eigenvalue weighted by atomic mass is 10.2. The molecule has 3 aromatic rings. The lowest BCUT2D eigenvalue weighted by molar-refractivity contribution is -0.115. The molecule has 0 radical (unpaired) electrons. The summed E-state index contributed by atoms with van der Waals surface area (Å²) < 4.78 is 2.25. The molecule has 4 nitrogen and oxygen atoms in total. The van der Waals surface area contributed by atoms with Crippen molar-refractivity contribution in [3.63, 3.8) is 0 Å². The number of halogens is 2. The van der Waals surface area contributed by atoms with Crippen LogP contribution in [0.1, 0.15) is 22.5 Å². The molecule has 1 N–H and O–H groups in total. The minimum absolute atomic E-state index is 0.176. The topological polar surface area (TPSA) is 46.4 Å². The molecule has 0 unspecified atom stereocenters. The van der Waals surface area contributed by atoms with Crippen LogP contribution in [0.2, 0.25) is 10.0 Å². The summed E-state index contributed by atoms with van der Waals surface area (Å²) in [7, 11) is 0. The van der Waals surface area contributed by atoms with E-state index in [2.05, 4.69) is 46.9 Å². The Kier molecular flexibility index (Phi) is 6.04. The van der Waals surface area contributed by atoms with E-state index >= 15 is 0 Å².